The number of halogens is 1. The molecule has 6 heteroatoms. The van der Waals surface area contributed by atoms with Crippen molar-refractivity contribution in [2.45, 2.75) is 32.9 Å². The van der Waals surface area contributed by atoms with E-state index in [0.29, 0.717) is 18.9 Å². The number of nitrogens with zero attached hydrogens (tertiary/aromatic N) is 3. The molecule has 31 heavy (non-hydrogen) atoms. The number of pyridine rings is 1. The largest absolute Gasteiger partial charge is 0.343 e. The van der Waals surface area contributed by atoms with Gasteiger partial charge in [0, 0.05) is 18.1 Å². The highest BCUT2D eigenvalue weighted by molar-refractivity contribution is 5.95. The number of hydrogen-bond donors (Lipinski definition) is 1. The van der Waals surface area contributed by atoms with E-state index < -0.39 is 17.8 Å². The van der Waals surface area contributed by atoms with Crippen LogP contribution in [0.15, 0.2) is 72.9 Å². The maximum absolute atomic E-state index is 14.2. The Morgan fingerprint density at radius 2 is 1.77 bits per heavy atom. The van der Waals surface area contributed by atoms with Gasteiger partial charge >= 0.3 is 0 Å². The second kappa shape index (κ2) is 9.08. The first-order valence-electron chi connectivity index (χ1n) is 10.4. The third-order valence-corrected chi connectivity index (χ3v) is 5.11. The van der Waals surface area contributed by atoms with Crippen LogP contribution < -0.4 is 5.32 Å². The molecule has 1 N–H and O–H groups in total. The summed E-state index contributed by atoms with van der Waals surface area (Å²) in [5.41, 5.74) is 2.59. The lowest BCUT2D eigenvalue weighted by molar-refractivity contribution is 0.0931. The molecule has 0 fully saturated rings. The fraction of sp³-hybridized carbons (Fsp3) is 0.240. The summed E-state index contributed by atoms with van der Waals surface area (Å²) in [6.07, 6.45) is 2.28. The number of nitrogens with one attached hydrogen (secondary N) is 1. The molecule has 0 unspecified atom stereocenters. The third-order valence-electron chi connectivity index (χ3n) is 5.11. The van der Waals surface area contributed by atoms with E-state index in [1.165, 1.54) is 12.1 Å². The van der Waals surface area contributed by atoms with Crippen LogP contribution in [0.1, 0.15) is 41.5 Å². The third kappa shape index (κ3) is 4.63. The highest BCUT2D eigenvalue weighted by Gasteiger charge is 2.24. The first-order valence-corrected chi connectivity index (χ1v) is 10.4. The van der Waals surface area contributed by atoms with Crippen LogP contribution in [0.3, 0.4) is 0 Å². The number of carbonyl (C=O) groups excluding carboxylic acids is 1. The van der Waals surface area contributed by atoms with E-state index in [1.54, 1.807) is 18.3 Å². The molecule has 2 heterocycles. The Labute approximate surface area is 180 Å². The van der Waals surface area contributed by atoms with Gasteiger partial charge in [-0.2, -0.15) is 5.10 Å². The number of benzene rings is 2. The van der Waals surface area contributed by atoms with E-state index in [-0.39, 0.29) is 5.56 Å². The number of amides is 1. The van der Waals surface area contributed by atoms with Gasteiger partial charge in [-0.1, -0.05) is 56.3 Å². The van der Waals surface area contributed by atoms with Gasteiger partial charge in [-0.05, 0) is 42.2 Å². The van der Waals surface area contributed by atoms with Gasteiger partial charge < -0.3 is 5.32 Å². The number of hydrogen-bond acceptors (Lipinski definition) is 3. The quantitative estimate of drug-likeness (QED) is 0.464. The monoisotopic (exact) mass is 416 g/mol. The smallest absolute Gasteiger partial charge is 0.254 e. The summed E-state index contributed by atoms with van der Waals surface area (Å²) >= 11 is 0. The van der Waals surface area contributed by atoms with Crippen LogP contribution in [0, 0.1) is 11.7 Å². The Morgan fingerprint density at radius 3 is 2.52 bits per heavy atom. The van der Waals surface area contributed by atoms with Crippen LogP contribution in [-0.2, 0) is 13.0 Å². The minimum Gasteiger partial charge on any atom is -0.343 e. The van der Waals surface area contributed by atoms with Crippen LogP contribution in [-0.4, -0.2) is 20.7 Å². The van der Waals surface area contributed by atoms with E-state index in [9.17, 15) is 9.18 Å². The van der Waals surface area contributed by atoms with Crippen molar-refractivity contribution in [3.63, 3.8) is 0 Å². The van der Waals surface area contributed by atoms with Gasteiger partial charge in [-0.3, -0.25) is 4.79 Å². The number of carbonyl (C=O) groups is 1. The molecule has 0 saturated carbocycles. The predicted molar refractivity (Wildman–Crippen MR) is 119 cm³/mol. The summed E-state index contributed by atoms with van der Waals surface area (Å²) in [6.45, 7) is 4.96. The lowest BCUT2D eigenvalue weighted by Gasteiger charge is -2.18. The van der Waals surface area contributed by atoms with Crippen molar-refractivity contribution in [1.29, 1.82) is 0 Å². The molecule has 158 valence electrons. The SMILES string of the molecule is CC(C)Cn1nc([C@@H](Cc2ccccc2)NC(=O)c2ccccc2F)c2cccnc21. The maximum Gasteiger partial charge on any atom is 0.254 e. The molecule has 1 amide bonds. The Hall–Kier alpha value is -3.54. The topological polar surface area (TPSA) is 59.8 Å². The molecule has 4 rings (SSSR count). The summed E-state index contributed by atoms with van der Waals surface area (Å²) in [5, 5.41) is 8.74. The van der Waals surface area contributed by atoms with Crippen molar-refractivity contribution < 1.29 is 9.18 Å². The molecule has 0 spiro atoms. The van der Waals surface area contributed by atoms with Crippen LogP contribution in [0.2, 0.25) is 0 Å². The Morgan fingerprint density at radius 1 is 1.03 bits per heavy atom. The normalized spacial score (nSPS) is 12.3. The van der Waals surface area contributed by atoms with Crippen molar-refractivity contribution in [1.82, 2.24) is 20.1 Å². The van der Waals surface area contributed by atoms with Crippen LogP contribution >= 0.6 is 0 Å². The molecule has 1 atom stereocenters. The molecule has 0 aliphatic carbocycles. The fourth-order valence-electron chi connectivity index (χ4n) is 3.71. The summed E-state index contributed by atoms with van der Waals surface area (Å²) in [5.74, 6) is -0.622. The standard InChI is InChI=1S/C25H25FN4O/c1-17(2)16-30-24-20(12-8-14-27-24)23(29-30)22(15-18-9-4-3-5-10-18)28-25(31)19-11-6-7-13-21(19)26/h3-14,17,22H,15-16H2,1-2H3,(H,28,31)/t22-/m1/s1. The molecule has 0 bridgehead atoms. The molecular formula is C25H25FN4O. The second-order valence-corrected chi connectivity index (χ2v) is 8.03. The fourth-order valence-corrected chi connectivity index (χ4v) is 3.71. The van der Waals surface area contributed by atoms with Crippen molar-refractivity contribution in [3.8, 4) is 0 Å². The van der Waals surface area contributed by atoms with Crippen LogP contribution in [0.5, 0.6) is 0 Å². The van der Waals surface area contributed by atoms with Crippen molar-refractivity contribution in [3.05, 3.63) is 95.6 Å². The van der Waals surface area contributed by atoms with E-state index in [4.69, 9.17) is 5.10 Å². The summed E-state index contributed by atoms with van der Waals surface area (Å²) in [6, 6.07) is 19.3. The van der Waals surface area contributed by atoms with E-state index in [0.717, 1.165) is 22.3 Å². The van der Waals surface area contributed by atoms with Crippen molar-refractivity contribution in [2.75, 3.05) is 0 Å². The Bertz CT molecular complexity index is 1190. The predicted octanol–water partition coefficient (Wildman–Crippen LogP) is 4.94. The molecule has 0 radical (unpaired) electrons. The Kier molecular flexibility index (Phi) is 6.07. The minimum atomic E-state index is -0.546. The maximum atomic E-state index is 14.2. The van der Waals surface area contributed by atoms with E-state index >= 15 is 0 Å². The van der Waals surface area contributed by atoms with Gasteiger partial charge in [0.05, 0.1) is 17.3 Å². The zero-order valence-electron chi connectivity index (χ0n) is 17.6. The first-order chi connectivity index (χ1) is 15.0. The van der Waals surface area contributed by atoms with Gasteiger partial charge in [0.1, 0.15) is 5.82 Å². The lowest BCUT2D eigenvalue weighted by Crippen LogP contribution is -2.31. The van der Waals surface area contributed by atoms with E-state index in [2.05, 4.69) is 24.1 Å². The van der Waals surface area contributed by atoms with Crippen molar-refractivity contribution in [2.24, 2.45) is 5.92 Å². The minimum absolute atomic E-state index is 0.0182. The van der Waals surface area contributed by atoms with Crippen LogP contribution in [0.4, 0.5) is 4.39 Å². The zero-order chi connectivity index (χ0) is 21.8. The van der Waals surface area contributed by atoms with Gasteiger partial charge in [0.2, 0.25) is 0 Å². The van der Waals surface area contributed by atoms with Crippen molar-refractivity contribution >= 4 is 16.9 Å². The van der Waals surface area contributed by atoms with Gasteiger partial charge in [0.15, 0.2) is 5.65 Å². The van der Waals surface area contributed by atoms with Gasteiger partial charge in [0.25, 0.3) is 5.91 Å². The summed E-state index contributed by atoms with van der Waals surface area (Å²) in [7, 11) is 0. The zero-order valence-corrected chi connectivity index (χ0v) is 17.6. The lowest BCUT2D eigenvalue weighted by atomic mass is 10.0. The molecular weight excluding hydrogens is 391 g/mol. The highest BCUT2D eigenvalue weighted by atomic mass is 19.1. The molecule has 2 aromatic carbocycles. The van der Waals surface area contributed by atoms with Gasteiger partial charge in [-0.25, -0.2) is 14.1 Å². The molecule has 2 aromatic heterocycles. The molecule has 0 aliphatic heterocycles. The molecule has 4 aromatic rings. The second-order valence-electron chi connectivity index (χ2n) is 8.03. The number of rotatable bonds is 7. The Balaban J connectivity index is 1.76. The van der Waals surface area contributed by atoms with Crippen LogP contribution in [0.25, 0.3) is 11.0 Å². The van der Waals surface area contributed by atoms with Gasteiger partial charge in [-0.15, -0.1) is 0 Å². The van der Waals surface area contributed by atoms with E-state index in [1.807, 2.05) is 47.1 Å². The molecule has 0 saturated heterocycles. The molecule has 5 nitrogen and oxygen atoms in total. The average molecular weight is 417 g/mol. The average Bonchev–Trinajstić information content (AvgIpc) is 3.12. The number of fused-ring (bicyclic) bond motifs is 1. The first kappa shape index (κ1) is 20.7. The highest BCUT2D eigenvalue weighted by Crippen LogP contribution is 2.26. The summed E-state index contributed by atoms with van der Waals surface area (Å²) < 4.78 is 16.1. The summed E-state index contributed by atoms with van der Waals surface area (Å²) in [4.78, 5) is 17.5. The number of aromatic nitrogens is 3. The molecule has 0 aliphatic rings.